The van der Waals surface area contributed by atoms with Crippen LogP contribution in [0.3, 0.4) is 0 Å². The minimum absolute atomic E-state index is 0.690. The molecular formula is C16H17BrN2O. The Morgan fingerprint density at radius 2 is 1.90 bits per heavy atom. The fourth-order valence-electron chi connectivity index (χ4n) is 2.38. The highest BCUT2D eigenvalue weighted by molar-refractivity contribution is 9.10. The predicted octanol–water partition coefficient (Wildman–Crippen LogP) is 3.76. The third kappa shape index (κ3) is 3.07. The van der Waals surface area contributed by atoms with Crippen molar-refractivity contribution in [2.45, 2.75) is 0 Å². The molecule has 0 aliphatic carbocycles. The molecule has 0 radical (unpaired) electrons. The molecule has 3 rings (SSSR count). The molecule has 3 nitrogen and oxygen atoms in total. The van der Waals surface area contributed by atoms with Crippen molar-refractivity contribution in [1.29, 1.82) is 0 Å². The molecule has 0 atom stereocenters. The van der Waals surface area contributed by atoms with Gasteiger partial charge in [0.1, 0.15) is 12.4 Å². The van der Waals surface area contributed by atoms with Crippen LogP contribution in [-0.4, -0.2) is 26.2 Å². The van der Waals surface area contributed by atoms with Crippen LogP contribution in [0.1, 0.15) is 0 Å². The summed E-state index contributed by atoms with van der Waals surface area (Å²) < 4.78 is 6.87. The van der Waals surface area contributed by atoms with Crippen LogP contribution >= 0.6 is 15.9 Å². The van der Waals surface area contributed by atoms with Gasteiger partial charge in [-0.1, -0.05) is 28.1 Å². The molecule has 0 saturated carbocycles. The normalized spacial score (nSPS) is 13.6. The lowest BCUT2D eigenvalue weighted by Crippen LogP contribution is -2.36. The number of rotatable bonds is 4. The molecule has 20 heavy (non-hydrogen) atoms. The predicted molar refractivity (Wildman–Crippen MR) is 86.8 cm³/mol. The number of nitrogens with one attached hydrogen (secondary N) is 1. The highest BCUT2D eigenvalue weighted by atomic mass is 79.9. The number of halogens is 1. The van der Waals surface area contributed by atoms with Crippen LogP contribution in [0.4, 0.5) is 11.4 Å². The summed E-state index contributed by atoms with van der Waals surface area (Å²) in [5.41, 5.74) is 2.47. The molecule has 2 aromatic carbocycles. The van der Waals surface area contributed by atoms with Crippen LogP contribution in [-0.2, 0) is 0 Å². The van der Waals surface area contributed by atoms with Gasteiger partial charge in [0.05, 0.1) is 17.9 Å². The van der Waals surface area contributed by atoms with Crippen molar-refractivity contribution in [3.05, 3.63) is 53.0 Å². The molecule has 2 aromatic rings. The summed E-state index contributed by atoms with van der Waals surface area (Å²) in [6.45, 7) is 3.58. The third-order valence-electron chi connectivity index (χ3n) is 3.39. The number of ether oxygens (including phenoxy) is 1. The van der Waals surface area contributed by atoms with Crippen molar-refractivity contribution < 1.29 is 4.74 Å². The van der Waals surface area contributed by atoms with Crippen LogP contribution in [0.5, 0.6) is 5.75 Å². The largest absolute Gasteiger partial charge is 0.492 e. The Labute approximate surface area is 127 Å². The van der Waals surface area contributed by atoms with Crippen molar-refractivity contribution >= 4 is 27.3 Å². The lowest BCUT2D eigenvalue weighted by molar-refractivity contribution is 0.323. The highest BCUT2D eigenvalue weighted by Gasteiger charge is 2.15. The fraction of sp³-hybridized carbons (Fsp3) is 0.250. The lowest BCUT2D eigenvalue weighted by atomic mass is 10.2. The summed E-state index contributed by atoms with van der Waals surface area (Å²) in [5, 5.41) is 3.42. The van der Waals surface area contributed by atoms with Gasteiger partial charge >= 0.3 is 0 Å². The first-order chi connectivity index (χ1) is 9.83. The van der Waals surface area contributed by atoms with Gasteiger partial charge in [0.2, 0.25) is 0 Å². The van der Waals surface area contributed by atoms with Gasteiger partial charge in [-0.05, 0) is 36.4 Å². The molecule has 1 heterocycles. The molecule has 1 aliphatic heterocycles. The van der Waals surface area contributed by atoms with Crippen molar-refractivity contribution in [1.82, 2.24) is 0 Å². The number of hydrogen-bond acceptors (Lipinski definition) is 3. The van der Waals surface area contributed by atoms with Crippen molar-refractivity contribution in [2.75, 3.05) is 36.5 Å². The number of benzene rings is 2. The zero-order chi connectivity index (χ0) is 13.8. The summed E-state index contributed by atoms with van der Waals surface area (Å²) >= 11 is 3.42. The van der Waals surface area contributed by atoms with Crippen molar-refractivity contribution in [3.8, 4) is 5.75 Å². The zero-order valence-corrected chi connectivity index (χ0v) is 12.8. The topological polar surface area (TPSA) is 24.5 Å². The van der Waals surface area contributed by atoms with Crippen molar-refractivity contribution in [3.63, 3.8) is 0 Å². The van der Waals surface area contributed by atoms with E-state index in [-0.39, 0.29) is 0 Å². The van der Waals surface area contributed by atoms with Crippen LogP contribution < -0.4 is 15.0 Å². The van der Waals surface area contributed by atoms with E-state index in [1.165, 1.54) is 11.4 Å². The molecule has 0 unspecified atom stereocenters. The van der Waals surface area contributed by atoms with Crippen LogP contribution in [0.15, 0.2) is 53.0 Å². The van der Waals surface area contributed by atoms with Gasteiger partial charge in [-0.25, -0.2) is 0 Å². The van der Waals surface area contributed by atoms with E-state index in [1.807, 2.05) is 24.3 Å². The number of anilines is 2. The molecule has 1 N–H and O–H groups in total. The molecule has 0 aromatic heterocycles. The Morgan fingerprint density at radius 1 is 1.10 bits per heavy atom. The molecule has 4 heteroatoms. The molecule has 0 spiro atoms. The number of fused-ring (bicyclic) bond motifs is 1. The summed E-state index contributed by atoms with van der Waals surface area (Å²) in [4.78, 5) is 2.37. The standard InChI is InChI=1S/C16H17BrN2O/c17-13-5-7-14(8-6-13)20-12-11-19-10-9-18-15-3-1-2-4-16(15)19/h1-8,18H,9-12H2. The van der Waals surface area contributed by atoms with Gasteiger partial charge in [-0.3, -0.25) is 0 Å². The fourth-order valence-corrected chi connectivity index (χ4v) is 2.65. The monoisotopic (exact) mass is 332 g/mol. The Kier molecular flexibility index (Phi) is 4.11. The number of para-hydroxylation sites is 2. The maximum atomic E-state index is 5.80. The van der Waals surface area contributed by atoms with Crippen LogP contribution in [0.2, 0.25) is 0 Å². The SMILES string of the molecule is Brc1ccc(OCCN2CCNc3ccccc32)cc1. The Hall–Kier alpha value is -1.68. The smallest absolute Gasteiger partial charge is 0.119 e. The van der Waals surface area contributed by atoms with E-state index in [2.05, 4.69) is 50.4 Å². The highest BCUT2D eigenvalue weighted by Crippen LogP contribution is 2.28. The minimum atomic E-state index is 0.690. The minimum Gasteiger partial charge on any atom is -0.492 e. The first-order valence-corrected chi connectivity index (χ1v) is 7.58. The third-order valence-corrected chi connectivity index (χ3v) is 3.91. The second kappa shape index (κ2) is 6.18. The maximum absolute atomic E-state index is 5.80. The molecule has 0 bridgehead atoms. The average molecular weight is 333 g/mol. The van der Waals surface area contributed by atoms with E-state index in [4.69, 9.17) is 4.74 Å². The van der Waals surface area contributed by atoms with Gasteiger partial charge in [0.15, 0.2) is 0 Å². The first-order valence-electron chi connectivity index (χ1n) is 6.79. The Morgan fingerprint density at radius 3 is 2.75 bits per heavy atom. The van der Waals surface area contributed by atoms with Gasteiger partial charge in [0, 0.05) is 17.6 Å². The first kappa shape index (κ1) is 13.3. The quantitative estimate of drug-likeness (QED) is 0.922. The number of nitrogens with zero attached hydrogens (tertiary/aromatic N) is 1. The van der Waals surface area contributed by atoms with Crippen molar-refractivity contribution in [2.24, 2.45) is 0 Å². The summed E-state index contributed by atoms with van der Waals surface area (Å²) in [7, 11) is 0. The second-order valence-electron chi connectivity index (χ2n) is 4.73. The molecule has 1 aliphatic rings. The van der Waals surface area contributed by atoms with Crippen LogP contribution in [0.25, 0.3) is 0 Å². The molecule has 104 valence electrons. The number of hydrogen-bond donors (Lipinski definition) is 1. The molecular weight excluding hydrogens is 316 g/mol. The van der Waals surface area contributed by atoms with E-state index in [9.17, 15) is 0 Å². The van der Waals surface area contributed by atoms with E-state index in [1.54, 1.807) is 0 Å². The summed E-state index contributed by atoms with van der Waals surface area (Å²) in [6.07, 6.45) is 0. The van der Waals surface area contributed by atoms with E-state index < -0.39 is 0 Å². The zero-order valence-electron chi connectivity index (χ0n) is 11.2. The van der Waals surface area contributed by atoms with Gasteiger partial charge in [-0.15, -0.1) is 0 Å². The lowest BCUT2D eigenvalue weighted by Gasteiger charge is -2.31. The summed E-state index contributed by atoms with van der Waals surface area (Å²) in [5.74, 6) is 0.914. The average Bonchev–Trinajstić information content (AvgIpc) is 2.49. The van der Waals surface area contributed by atoms with E-state index >= 15 is 0 Å². The maximum Gasteiger partial charge on any atom is 0.119 e. The van der Waals surface area contributed by atoms with E-state index in [0.29, 0.717) is 6.61 Å². The summed E-state index contributed by atoms with van der Waals surface area (Å²) in [6, 6.07) is 16.4. The van der Waals surface area contributed by atoms with E-state index in [0.717, 1.165) is 29.9 Å². The molecule has 0 fully saturated rings. The molecule has 0 saturated heterocycles. The molecule has 0 amide bonds. The Balaban J connectivity index is 1.58. The van der Waals surface area contributed by atoms with Gasteiger partial charge in [0.25, 0.3) is 0 Å². The van der Waals surface area contributed by atoms with Crippen LogP contribution in [0, 0.1) is 0 Å². The van der Waals surface area contributed by atoms with Gasteiger partial charge in [-0.2, -0.15) is 0 Å². The van der Waals surface area contributed by atoms with Gasteiger partial charge < -0.3 is 15.0 Å². The Bertz CT molecular complexity index is 571. The second-order valence-corrected chi connectivity index (χ2v) is 5.65.